The van der Waals surface area contributed by atoms with E-state index in [-0.39, 0.29) is 0 Å². The van der Waals surface area contributed by atoms with Gasteiger partial charge < -0.3 is 11.1 Å². The minimum Gasteiger partial charge on any atom is -0.330 e. The molecule has 1 fully saturated rings. The van der Waals surface area contributed by atoms with E-state index in [9.17, 15) is 0 Å². The quantitative estimate of drug-likeness (QED) is 0.834. The second kappa shape index (κ2) is 5.02. The summed E-state index contributed by atoms with van der Waals surface area (Å²) in [5.41, 5.74) is 8.82. The largest absolute Gasteiger partial charge is 0.330 e. The summed E-state index contributed by atoms with van der Waals surface area (Å²) < 4.78 is 0. The molecule has 1 saturated carbocycles. The Morgan fingerprint density at radius 1 is 1.39 bits per heavy atom. The number of rotatable bonds is 5. The van der Waals surface area contributed by atoms with Gasteiger partial charge in [-0.1, -0.05) is 24.3 Å². The summed E-state index contributed by atoms with van der Waals surface area (Å²) in [4.78, 5) is 0. The van der Waals surface area contributed by atoms with E-state index in [2.05, 4.69) is 36.5 Å². The highest BCUT2D eigenvalue weighted by Gasteiger charge is 2.52. The van der Waals surface area contributed by atoms with Gasteiger partial charge in [-0.3, -0.25) is 0 Å². The highest BCUT2D eigenvalue weighted by atomic mass is 14.9. The first-order valence-corrected chi connectivity index (χ1v) is 7.32. The molecule has 0 aromatic heterocycles. The fraction of sp³-hybridized carbons (Fsp3) is 0.625. The molecule has 0 saturated heterocycles. The van der Waals surface area contributed by atoms with Gasteiger partial charge in [0.25, 0.3) is 0 Å². The predicted molar refractivity (Wildman–Crippen MR) is 75.6 cm³/mol. The van der Waals surface area contributed by atoms with E-state index in [0.717, 1.165) is 30.7 Å². The van der Waals surface area contributed by atoms with Crippen LogP contribution in [0, 0.1) is 11.8 Å². The van der Waals surface area contributed by atoms with Gasteiger partial charge in [0.15, 0.2) is 0 Å². The van der Waals surface area contributed by atoms with Gasteiger partial charge in [0.1, 0.15) is 0 Å². The standard InChI is InChI=1S/C16H24N2/c1-11(8-9-17)18-10-15-14-7-6-12-4-2-3-5-13(12)16(14)15/h2-5,11,14-16,18H,6-10,17H2,1H3. The summed E-state index contributed by atoms with van der Waals surface area (Å²) in [6.07, 6.45) is 3.75. The van der Waals surface area contributed by atoms with E-state index in [0.29, 0.717) is 6.04 Å². The Morgan fingerprint density at radius 3 is 3.06 bits per heavy atom. The van der Waals surface area contributed by atoms with Gasteiger partial charge in [-0.25, -0.2) is 0 Å². The second-order valence-electron chi connectivity index (χ2n) is 5.98. The van der Waals surface area contributed by atoms with E-state index in [1.54, 1.807) is 11.1 Å². The molecule has 0 heterocycles. The van der Waals surface area contributed by atoms with Crippen molar-refractivity contribution in [3.05, 3.63) is 35.4 Å². The van der Waals surface area contributed by atoms with E-state index >= 15 is 0 Å². The molecule has 1 aromatic rings. The zero-order valence-electron chi connectivity index (χ0n) is 11.2. The SMILES string of the molecule is CC(CCN)NCC1C2CCc3ccccc3C21. The van der Waals surface area contributed by atoms with Crippen molar-refractivity contribution in [2.45, 2.75) is 38.1 Å². The smallest absolute Gasteiger partial charge is 0.00508 e. The van der Waals surface area contributed by atoms with Crippen LogP contribution in [0.2, 0.25) is 0 Å². The fourth-order valence-corrected chi connectivity index (χ4v) is 3.68. The van der Waals surface area contributed by atoms with E-state index < -0.39 is 0 Å². The van der Waals surface area contributed by atoms with Gasteiger partial charge in [0.2, 0.25) is 0 Å². The average molecular weight is 244 g/mol. The molecule has 18 heavy (non-hydrogen) atoms. The summed E-state index contributed by atoms with van der Waals surface area (Å²) in [6, 6.07) is 9.59. The monoisotopic (exact) mass is 244 g/mol. The van der Waals surface area contributed by atoms with Crippen molar-refractivity contribution >= 4 is 0 Å². The molecule has 2 heteroatoms. The minimum absolute atomic E-state index is 0.563. The Labute approximate surface area is 110 Å². The van der Waals surface area contributed by atoms with Gasteiger partial charge >= 0.3 is 0 Å². The Kier molecular flexibility index (Phi) is 3.40. The van der Waals surface area contributed by atoms with Crippen LogP contribution in [0.25, 0.3) is 0 Å². The van der Waals surface area contributed by atoms with Crippen molar-refractivity contribution in [1.82, 2.24) is 5.32 Å². The van der Waals surface area contributed by atoms with Crippen molar-refractivity contribution in [3.63, 3.8) is 0 Å². The topological polar surface area (TPSA) is 38.0 Å². The molecule has 4 unspecified atom stereocenters. The van der Waals surface area contributed by atoms with Crippen molar-refractivity contribution in [2.75, 3.05) is 13.1 Å². The van der Waals surface area contributed by atoms with Crippen molar-refractivity contribution in [2.24, 2.45) is 17.6 Å². The number of hydrogen-bond acceptors (Lipinski definition) is 2. The number of fused-ring (bicyclic) bond motifs is 3. The lowest BCUT2D eigenvalue weighted by molar-refractivity contribution is 0.487. The van der Waals surface area contributed by atoms with Crippen LogP contribution in [0.5, 0.6) is 0 Å². The zero-order valence-corrected chi connectivity index (χ0v) is 11.2. The maximum atomic E-state index is 5.59. The first-order chi connectivity index (χ1) is 8.81. The molecule has 0 aliphatic heterocycles. The molecule has 4 atom stereocenters. The third-order valence-electron chi connectivity index (χ3n) is 4.79. The molecule has 1 aromatic carbocycles. The molecular formula is C16H24N2. The summed E-state index contributed by atoms with van der Waals surface area (Å²) in [5.74, 6) is 2.65. The van der Waals surface area contributed by atoms with Crippen LogP contribution < -0.4 is 11.1 Å². The number of nitrogens with two attached hydrogens (primary N) is 1. The van der Waals surface area contributed by atoms with Crippen LogP contribution in [0.1, 0.15) is 36.8 Å². The van der Waals surface area contributed by atoms with Gasteiger partial charge in [-0.2, -0.15) is 0 Å². The van der Waals surface area contributed by atoms with Crippen molar-refractivity contribution < 1.29 is 0 Å². The third kappa shape index (κ3) is 2.19. The second-order valence-corrected chi connectivity index (χ2v) is 5.98. The van der Waals surface area contributed by atoms with Crippen LogP contribution in [-0.2, 0) is 6.42 Å². The molecule has 3 N–H and O–H groups in total. The average Bonchev–Trinajstić information content (AvgIpc) is 3.11. The van der Waals surface area contributed by atoms with Crippen LogP contribution in [-0.4, -0.2) is 19.1 Å². The summed E-state index contributed by atoms with van der Waals surface area (Å²) in [7, 11) is 0. The van der Waals surface area contributed by atoms with Crippen LogP contribution in [0.3, 0.4) is 0 Å². The van der Waals surface area contributed by atoms with E-state index in [4.69, 9.17) is 5.73 Å². The van der Waals surface area contributed by atoms with Gasteiger partial charge in [-0.15, -0.1) is 0 Å². The van der Waals surface area contributed by atoms with Crippen LogP contribution in [0.4, 0.5) is 0 Å². The van der Waals surface area contributed by atoms with Crippen molar-refractivity contribution in [3.8, 4) is 0 Å². The molecule has 2 aliphatic carbocycles. The summed E-state index contributed by atoms with van der Waals surface area (Å²) in [5, 5.41) is 3.65. The molecule has 2 aliphatic rings. The number of nitrogens with one attached hydrogen (secondary N) is 1. The molecule has 98 valence electrons. The Hall–Kier alpha value is -0.860. The van der Waals surface area contributed by atoms with Gasteiger partial charge in [0, 0.05) is 6.04 Å². The summed E-state index contributed by atoms with van der Waals surface area (Å²) >= 11 is 0. The normalized spacial score (nSPS) is 30.4. The molecule has 0 amide bonds. The van der Waals surface area contributed by atoms with Gasteiger partial charge in [0.05, 0.1) is 0 Å². The fourth-order valence-electron chi connectivity index (χ4n) is 3.68. The predicted octanol–water partition coefficient (Wildman–Crippen LogP) is 2.29. The summed E-state index contributed by atoms with van der Waals surface area (Å²) in [6.45, 7) is 4.20. The van der Waals surface area contributed by atoms with Gasteiger partial charge in [-0.05, 0) is 68.2 Å². The number of aryl methyl sites for hydroxylation is 1. The maximum absolute atomic E-state index is 5.59. The third-order valence-corrected chi connectivity index (χ3v) is 4.79. The minimum atomic E-state index is 0.563. The molecule has 0 spiro atoms. The van der Waals surface area contributed by atoms with E-state index in [1.165, 1.54) is 19.4 Å². The Morgan fingerprint density at radius 2 is 2.22 bits per heavy atom. The number of benzene rings is 1. The zero-order chi connectivity index (χ0) is 12.5. The first-order valence-electron chi connectivity index (χ1n) is 7.32. The lowest BCUT2D eigenvalue weighted by Gasteiger charge is -2.13. The van der Waals surface area contributed by atoms with Crippen molar-refractivity contribution in [1.29, 1.82) is 0 Å². The molecule has 0 radical (unpaired) electrons. The van der Waals surface area contributed by atoms with E-state index in [1.807, 2.05) is 0 Å². The lowest BCUT2D eigenvalue weighted by Crippen LogP contribution is -2.30. The lowest BCUT2D eigenvalue weighted by atomic mass is 9.92. The van der Waals surface area contributed by atoms with Crippen LogP contribution in [0.15, 0.2) is 24.3 Å². The highest BCUT2D eigenvalue weighted by Crippen LogP contribution is 2.59. The molecule has 3 rings (SSSR count). The first kappa shape index (κ1) is 12.2. The Bertz CT molecular complexity index is 415. The van der Waals surface area contributed by atoms with Crippen LogP contribution >= 0.6 is 0 Å². The Balaban J connectivity index is 1.60. The molecule has 2 nitrogen and oxygen atoms in total. The molecular weight excluding hydrogens is 220 g/mol. The highest BCUT2D eigenvalue weighted by molar-refractivity contribution is 5.39. The molecule has 0 bridgehead atoms. The number of hydrogen-bond donors (Lipinski definition) is 2. The maximum Gasteiger partial charge on any atom is 0.00508 e.